The summed E-state index contributed by atoms with van der Waals surface area (Å²) in [5.74, 6) is 0. The Morgan fingerprint density at radius 3 is 1.00 bits per heavy atom. The molecule has 0 aliphatic carbocycles. The average Bonchev–Trinajstić information content (AvgIpc) is 2.28. The Morgan fingerprint density at radius 1 is 0.562 bits per heavy atom. The van der Waals surface area contributed by atoms with Crippen molar-refractivity contribution in [2.24, 2.45) is 0 Å². The molecule has 4 heteroatoms. The van der Waals surface area contributed by atoms with Crippen LogP contribution in [0.1, 0.15) is 0 Å². The second-order valence-corrected chi connectivity index (χ2v) is 7.20. The molecule has 0 heterocycles. The van der Waals surface area contributed by atoms with Gasteiger partial charge in [-0.1, -0.05) is 31.9 Å². The van der Waals surface area contributed by atoms with Crippen molar-refractivity contribution in [1.29, 1.82) is 0 Å². The molecular weight excluding hydrogens is 558 g/mol. The van der Waals surface area contributed by atoms with E-state index in [0.717, 1.165) is 8.95 Å². The number of benzene rings is 2. The minimum absolute atomic E-state index is 1.14. The van der Waals surface area contributed by atoms with E-state index in [1.54, 1.807) is 0 Å². The maximum absolute atomic E-state index is 3.34. The van der Waals surface area contributed by atoms with Crippen molar-refractivity contribution in [3.8, 4) is 0 Å². The van der Waals surface area contributed by atoms with Crippen LogP contribution in [-0.4, -0.2) is 0 Å². The largest absolute Gasteiger partial charge is 0.0508 e. The van der Waals surface area contributed by atoms with E-state index in [1.165, 1.54) is 7.14 Å². The zero-order valence-electron chi connectivity index (χ0n) is 8.13. The molecule has 0 aromatic heterocycles. The Hall–Kier alpha value is 0.860. The molecule has 0 radical (unpaired) electrons. The van der Waals surface area contributed by atoms with Gasteiger partial charge in [-0.3, -0.25) is 0 Å². The van der Waals surface area contributed by atoms with Gasteiger partial charge >= 0.3 is 0 Å². The van der Waals surface area contributed by atoms with Crippen molar-refractivity contribution in [3.05, 3.63) is 64.6 Å². The van der Waals surface area contributed by atoms with Gasteiger partial charge in [0.15, 0.2) is 0 Å². The molecule has 0 aliphatic rings. The molecule has 2 aromatic carbocycles. The van der Waals surface area contributed by atoms with Gasteiger partial charge in [-0.15, -0.1) is 0 Å². The van der Waals surface area contributed by atoms with Gasteiger partial charge in [0.05, 0.1) is 0 Å². The molecule has 0 N–H and O–H groups in total. The van der Waals surface area contributed by atoms with Gasteiger partial charge in [0.2, 0.25) is 0 Å². The van der Waals surface area contributed by atoms with Crippen molar-refractivity contribution in [2.45, 2.75) is 0 Å². The van der Waals surface area contributed by atoms with Crippen LogP contribution in [-0.2, 0) is 0 Å². The fourth-order valence-corrected chi connectivity index (χ4v) is 2.11. The highest BCUT2D eigenvalue weighted by molar-refractivity contribution is 14.1. The lowest BCUT2D eigenvalue weighted by Crippen LogP contribution is -1.65. The lowest BCUT2D eigenvalue weighted by atomic mass is 10.4. The average molecular weight is 566 g/mol. The summed E-state index contributed by atoms with van der Waals surface area (Å²) in [6, 6.07) is 16.4. The normalized spacial score (nSPS) is 9.25. The first-order chi connectivity index (χ1) is 7.58. The van der Waals surface area contributed by atoms with E-state index in [-0.39, 0.29) is 0 Å². The molecule has 0 atom stereocenters. The predicted octanol–water partition coefficient (Wildman–Crippen LogP) is 6.11. The van der Waals surface area contributed by atoms with Gasteiger partial charge < -0.3 is 0 Å². The molecular formula is C12H8Br2I2. The Morgan fingerprint density at radius 2 is 0.812 bits per heavy atom. The Bertz CT molecular complexity index is 338. The smallest absolute Gasteiger partial charge is 0.0175 e. The molecule has 16 heavy (non-hydrogen) atoms. The summed E-state index contributed by atoms with van der Waals surface area (Å²) in [6.45, 7) is 0. The SMILES string of the molecule is Brc1ccc(I)cc1.Brc1ccc(I)cc1. The van der Waals surface area contributed by atoms with Crippen molar-refractivity contribution in [1.82, 2.24) is 0 Å². The highest BCUT2D eigenvalue weighted by Gasteiger charge is 1.83. The van der Waals surface area contributed by atoms with Crippen molar-refractivity contribution in [3.63, 3.8) is 0 Å². The zero-order valence-corrected chi connectivity index (χ0v) is 15.6. The van der Waals surface area contributed by atoms with E-state index in [9.17, 15) is 0 Å². The third-order valence-electron chi connectivity index (χ3n) is 1.61. The van der Waals surface area contributed by atoms with Gasteiger partial charge in [0.25, 0.3) is 0 Å². The Balaban J connectivity index is 0.000000160. The summed E-state index contributed by atoms with van der Waals surface area (Å²) in [7, 11) is 0. The second kappa shape index (κ2) is 8.05. The van der Waals surface area contributed by atoms with Gasteiger partial charge in [0, 0.05) is 16.1 Å². The standard InChI is InChI=1S/2C6H4BrI/c2*7-5-1-3-6(8)4-2-5/h2*1-4H. The highest BCUT2D eigenvalue weighted by Crippen LogP contribution is 2.11. The van der Waals surface area contributed by atoms with Crippen LogP contribution in [0, 0.1) is 7.14 Å². The molecule has 0 bridgehead atoms. The van der Waals surface area contributed by atoms with Gasteiger partial charge in [-0.25, -0.2) is 0 Å². The van der Waals surface area contributed by atoms with E-state index in [2.05, 4.69) is 101 Å². The van der Waals surface area contributed by atoms with Crippen LogP contribution < -0.4 is 0 Å². The van der Waals surface area contributed by atoms with Crippen LogP contribution in [0.2, 0.25) is 0 Å². The monoisotopic (exact) mass is 564 g/mol. The van der Waals surface area contributed by atoms with Gasteiger partial charge in [-0.05, 0) is 93.7 Å². The fraction of sp³-hybridized carbons (Fsp3) is 0. The quantitative estimate of drug-likeness (QED) is 0.338. The lowest BCUT2D eigenvalue weighted by molar-refractivity contribution is 1.60. The molecule has 2 aromatic rings. The van der Waals surface area contributed by atoms with E-state index in [1.807, 2.05) is 24.3 Å². The summed E-state index contributed by atoms with van der Waals surface area (Å²) >= 11 is 11.2. The molecule has 0 fully saturated rings. The number of hydrogen-bond donors (Lipinski definition) is 0. The minimum Gasteiger partial charge on any atom is -0.0508 e. The highest BCUT2D eigenvalue weighted by atomic mass is 127. The molecule has 0 saturated heterocycles. The zero-order chi connectivity index (χ0) is 12.0. The molecule has 0 unspecified atom stereocenters. The molecule has 2 rings (SSSR count). The summed E-state index contributed by atoms with van der Waals surface area (Å²) in [5.41, 5.74) is 0. The van der Waals surface area contributed by atoms with Crippen molar-refractivity contribution < 1.29 is 0 Å². The van der Waals surface area contributed by atoms with Crippen molar-refractivity contribution >= 4 is 77.0 Å². The van der Waals surface area contributed by atoms with Crippen LogP contribution >= 0.6 is 77.0 Å². The molecule has 0 spiro atoms. The number of halogens is 4. The van der Waals surface area contributed by atoms with Crippen LogP contribution in [0.3, 0.4) is 0 Å². The first kappa shape index (κ1) is 14.9. The molecule has 0 aliphatic heterocycles. The third-order valence-corrected chi connectivity index (χ3v) is 4.10. The molecule has 84 valence electrons. The van der Waals surface area contributed by atoms with E-state index in [4.69, 9.17) is 0 Å². The maximum Gasteiger partial charge on any atom is 0.0175 e. The summed E-state index contributed by atoms with van der Waals surface area (Å²) < 4.78 is 4.81. The van der Waals surface area contributed by atoms with E-state index >= 15 is 0 Å². The second-order valence-electron chi connectivity index (χ2n) is 2.87. The Kier molecular flexibility index (Phi) is 7.50. The third kappa shape index (κ3) is 6.56. The first-order valence-electron chi connectivity index (χ1n) is 4.40. The summed E-state index contributed by atoms with van der Waals surface area (Å²) in [5, 5.41) is 0. The first-order valence-corrected chi connectivity index (χ1v) is 8.14. The summed E-state index contributed by atoms with van der Waals surface area (Å²) in [4.78, 5) is 0. The lowest BCUT2D eigenvalue weighted by Gasteiger charge is -1.86. The van der Waals surface area contributed by atoms with Gasteiger partial charge in [0.1, 0.15) is 0 Å². The van der Waals surface area contributed by atoms with E-state index < -0.39 is 0 Å². The van der Waals surface area contributed by atoms with Crippen LogP contribution in [0.5, 0.6) is 0 Å². The summed E-state index contributed by atoms with van der Waals surface area (Å²) in [6.07, 6.45) is 0. The fourth-order valence-electron chi connectivity index (χ4n) is 0.859. The maximum atomic E-state index is 3.34. The Labute approximate surface area is 140 Å². The minimum atomic E-state index is 1.14. The predicted molar refractivity (Wildman–Crippen MR) is 93.7 cm³/mol. The topological polar surface area (TPSA) is 0 Å². The van der Waals surface area contributed by atoms with Crippen molar-refractivity contribution in [2.75, 3.05) is 0 Å². The van der Waals surface area contributed by atoms with Gasteiger partial charge in [-0.2, -0.15) is 0 Å². The van der Waals surface area contributed by atoms with Crippen LogP contribution in [0.25, 0.3) is 0 Å². The number of hydrogen-bond acceptors (Lipinski definition) is 0. The van der Waals surface area contributed by atoms with Crippen LogP contribution in [0.15, 0.2) is 57.5 Å². The molecule has 0 saturated carbocycles. The van der Waals surface area contributed by atoms with E-state index in [0.29, 0.717) is 0 Å². The molecule has 0 nitrogen and oxygen atoms in total. The number of rotatable bonds is 0. The van der Waals surface area contributed by atoms with Crippen LogP contribution in [0.4, 0.5) is 0 Å². The molecule has 0 amide bonds.